The van der Waals surface area contributed by atoms with Crippen LogP contribution in [0.25, 0.3) is 0 Å². The molecule has 3 aliphatic rings. The summed E-state index contributed by atoms with van der Waals surface area (Å²) in [5, 5.41) is 6.89. The molecule has 0 unspecified atom stereocenters. The predicted octanol–water partition coefficient (Wildman–Crippen LogP) is 14.9. The fourth-order valence-corrected chi connectivity index (χ4v) is 7.93. The SMILES string of the molecule is C1CC1.C=C(C)CC.C=C(CC)OCCCCCCOc1ccc(C2CCC(COc3ccc(OCC4CCC(C=O)CC4)c(N)c3)CC2)cc1.CCC(=O)OCCCCCCOc1ccc(OC)cc1.CN.O=CO. The first-order chi connectivity index (χ1) is 37.0. The maximum atomic E-state index is 11.0. The van der Waals surface area contributed by atoms with Crippen molar-refractivity contribution in [3.05, 3.63) is 96.8 Å². The first-order valence-corrected chi connectivity index (χ1v) is 28.3. The molecule has 0 aromatic heterocycles. The molecule has 0 saturated heterocycles. The summed E-state index contributed by atoms with van der Waals surface area (Å²) in [7, 11) is 3.15. The largest absolute Gasteiger partial charge is 0.499 e. The fourth-order valence-electron chi connectivity index (χ4n) is 7.93. The highest BCUT2D eigenvalue weighted by Gasteiger charge is 2.24. The number of rotatable bonds is 29. The van der Waals surface area contributed by atoms with Gasteiger partial charge >= 0.3 is 5.97 Å². The maximum absolute atomic E-state index is 11.0. The molecule has 3 aromatic carbocycles. The number of unbranched alkanes of at least 4 members (excludes halogenated alkanes) is 6. The van der Waals surface area contributed by atoms with Crippen molar-refractivity contribution in [1.29, 1.82) is 0 Å². The molecule has 6 rings (SSSR count). The summed E-state index contributed by atoms with van der Waals surface area (Å²) in [6.45, 7) is 19.5. The monoisotopic (exact) mass is 1060 g/mol. The third kappa shape index (κ3) is 34.8. The molecule has 5 N–H and O–H groups in total. The van der Waals surface area contributed by atoms with Crippen LogP contribution >= 0.6 is 0 Å². The molecular weight excluding hydrogens is 961 g/mol. The minimum Gasteiger partial charge on any atom is -0.499 e. The number of carboxylic acid groups (broad SMARTS) is 1. The van der Waals surface area contributed by atoms with Crippen LogP contribution in [0.2, 0.25) is 0 Å². The molecule has 3 saturated carbocycles. The third-order valence-electron chi connectivity index (χ3n) is 13.1. The van der Waals surface area contributed by atoms with Gasteiger partial charge in [-0.1, -0.05) is 64.3 Å². The third-order valence-corrected chi connectivity index (χ3v) is 13.1. The van der Waals surface area contributed by atoms with Gasteiger partial charge in [-0.3, -0.25) is 9.59 Å². The number of nitrogen functional groups attached to an aromatic ring is 1. The number of nitrogens with two attached hydrogens (primary N) is 2. The van der Waals surface area contributed by atoms with Gasteiger partial charge in [-0.15, -0.1) is 6.58 Å². The summed E-state index contributed by atoms with van der Waals surface area (Å²) in [4.78, 5) is 30.2. The van der Waals surface area contributed by atoms with Gasteiger partial charge < -0.3 is 54.5 Å². The lowest BCUT2D eigenvalue weighted by molar-refractivity contribution is -0.143. The second-order valence-corrected chi connectivity index (χ2v) is 19.5. The van der Waals surface area contributed by atoms with E-state index in [1.165, 1.54) is 63.1 Å². The Morgan fingerprint density at radius 1 is 0.592 bits per heavy atom. The van der Waals surface area contributed by atoms with Crippen LogP contribution in [0.5, 0.6) is 28.7 Å². The molecule has 0 heterocycles. The number of anilines is 1. The van der Waals surface area contributed by atoms with Crippen molar-refractivity contribution in [3.63, 3.8) is 0 Å². The number of esters is 1. The van der Waals surface area contributed by atoms with Gasteiger partial charge in [0.2, 0.25) is 0 Å². The minimum atomic E-state index is -0.250. The first kappa shape index (κ1) is 68.3. The Bertz CT molecular complexity index is 1920. The topological polar surface area (TPSA) is 188 Å². The summed E-state index contributed by atoms with van der Waals surface area (Å²) < 4.78 is 39.4. The van der Waals surface area contributed by atoms with Crippen molar-refractivity contribution in [2.45, 2.75) is 175 Å². The van der Waals surface area contributed by atoms with Crippen molar-refractivity contribution >= 4 is 24.4 Å². The van der Waals surface area contributed by atoms with E-state index >= 15 is 0 Å². The zero-order chi connectivity index (χ0) is 56.0. The quantitative estimate of drug-likeness (QED) is 0.0149. The van der Waals surface area contributed by atoms with E-state index in [2.05, 4.69) is 57.0 Å². The Morgan fingerprint density at radius 2 is 1.04 bits per heavy atom. The zero-order valence-electron chi connectivity index (χ0n) is 47.7. The Morgan fingerprint density at radius 3 is 1.49 bits per heavy atom. The van der Waals surface area contributed by atoms with Gasteiger partial charge in [0.1, 0.15) is 35.0 Å². The van der Waals surface area contributed by atoms with Crippen LogP contribution < -0.4 is 35.2 Å². The molecule has 428 valence electrons. The number of aldehydes is 1. The molecule has 0 radical (unpaired) electrons. The van der Waals surface area contributed by atoms with Crippen LogP contribution in [0.4, 0.5) is 5.69 Å². The van der Waals surface area contributed by atoms with Crippen molar-refractivity contribution in [2.75, 3.05) is 59.5 Å². The number of methoxy groups -OCH3 is 1. The average molecular weight is 1060 g/mol. The number of hydrogen-bond acceptors (Lipinski definition) is 12. The molecule has 13 heteroatoms. The molecule has 0 amide bonds. The van der Waals surface area contributed by atoms with E-state index in [4.69, 9.17) is 48.8 Å². The first-order valence-electron chi connectivity index (χ1n) is 28.3. The molecule has 13 nitrogen and oxygen atoms in total. The molecule has 0 aliphatic heterocycles. The highest BCUT2D eigenvalue weighted by molar-refractivity contribution is 5.68. The van der Waals surface area contributed by atoms with E-state index in [-0.39, 0.29) is 18.4 Å². The standard InChI is InChI=1S/C37H53NO5.C16H24O4.C5H10.C3H6.CH5N.CH2O2/c1-3-28(2)40-22-6-4-5-7-23-41-34-18-16-33(17-19-34)32-14-12-31(13-15-32)26-42-35-20-21-37(36(38)24-35)43-27-30-10-8-29(25-39)9-11-30;1-3-16(17)20-13-7-5-4-6-12-19-15-10-8-14(18-2)9-11-15;1-4-5(2)3;1-2-3-1;1-2;2-1-3/h16-21,24-25,29-32H,2-15,22-23,26-27,38H2,1H3;8-11H,3-7,12-13H2,1-2H3;2,4H2,1,3H3;1-3H2;2H2,1H3;1H,(H,2,3). The smallest absolute Gasteiger partial charge is 0.305 e. The van der Waals surface area contributed by atoms with Crippen molar-refractivity contribution < 1.29 is 52.6 Å². The lowest BCUT2D eigenvalue weighted by atomic mass is 9.79. The highest BCUT2D eigenvalue weighted by Crippen LogP contribution is 2.37. The van der Waals surface area contributed by atoms with E-state index in [0.29, 0.717) is 49.7 Å². The van der Waals surface area contributed by atoms with Gasteiger partial charge in [-0.2, -0.15) is 0 Å². The Kier molecular flexibility index (Phi) is 40.9. The summed E-state index contributed by atoms with van der Waals surface area (Å²) in [5.41, 5.74) is 14.1. The van der Waals surface area contributed by atoms with Gasteiger partial charge in [-0.05, 0) is 195 Å². The molecule has 0 bridgehead atoms. The zero-order valence-corrected chi connectivity index (χ0v) is 47.7. The second kappa shape index (κ2) is 45.5. The molecule has 3 aromatic rings. The van der Waals surface area contributed by atoms with Crippen molar-refractivity contribution in [1.82, 2.24) is 0 Å². The van der Waals surface area contributed by atoms with Gasteiger partial charge in [0.25, 0.3) is 6.47 Å². The van der Waals surface area contributed by atoms with Crippen LogP contribution in [-0.2, 0) is 23.9 Å². The summed E-state index contributed by atoms with van der Waals surface area (Å²) in [5.74, 6) is 6.85. The van der Waals surface area contributed by atoms with E-state index in [1.54, 1.807) is 14.0 Å². The number of carbonyl (C=O) groups excluding carboxylic acids is 2. The number of hydrogen-bond donors (Lipinski definition) is 3. The Balaban J connectivity index is 0.000000718. The molecule has 76 heavy (non-hydrogen) atoms. The summed E-state index contributed by atoms with van der Waals surface area (Å²) in [6.07, 6.45) is 25.3. The average Bonchev–Trinajstić information content (AvgIpc) is 4.36. The second-order valence-electron chi connectivity index (χ2n) is 19.5. The fraction of sp³-hybridized carbons (Fsp3) is 0.603. The van der Waals surface area contributed by atoms with Gasteiger partial charge in [-0.25, -0.2) is 0 Å². The van der Waals surface area contributed by atoms with Crippen molar-refractivity contribution in [3.8, 4) is 28.7 Å². The maximum Gasteiger partial charge on any atom is 0.305 e. The lowest BCUT2D eigenvalue weighted by Crippen LogP contribution is -2.21. The van der Waals surface area contributed by atoms with Crippen molar-refractivity contribution in [2.24, 2.45) is 23.5 Å². The number of benzene rings is 3. The molecular formula is C63H100N2O11. The van der Waals surface area contributed by atoms with Gasteiger partial charge in [0, 0.05) is 24.8 Å². The van der Waals surface area contributed by atoms with Gasteiger partial charge in [0.15, 0.2) is 0 Å². The summed E-state index contributed by atoms with van der Waals surface area (Å²) >= 11 is 0. The molecule has 3 fully saturated rings. The summed E-state index contributed by atoms with van der Waals surface area (Å²) in [6, 6.07) is 22.1. The normalized spacial score (nSPS) is 16.8. The lowest BCUT2D eigenvalue weighted by Gasteiger charge is -2.29. The molecule has 0 atom stereocenters. The van der Waals surface area contributed by atoms with Crippen LogP contribution in [0.3, 0.4) is 0 Å². The van der Waals surface area contributed by atoms with Crippen LogP contribution in [0, 0.1) is 17.8 Å². The Labute approximate surface area is 458 Å². The van der Waals surface area contributed by atoms with Crippen LogP contribution in [0.15, 0.2) is 91.2 Å². The van der Waals surface area contributed by atoms with E-state index in [0.717, 1.165) is 151 Å². The van der Waals surface area contributed by atoms with E-state index in [1.807, 2.05) is 49.4 Å². The molecule has 3 aliphatic carbocycles. The van der Waals surface area contributed by atoms with Gasteiger partial charge in [0.05, 0.1) is 58.2 Å². The number of allylic oxidation sites excluding steroid dienone is 2. The minimum absolute atomic E-state index is 0.118. The predicted molar refractivity (Wildman–Crippen MR) is 310 cm³/mol. The number of ether oxygens (including phenoxy) is 7. The molecule has 0 spiro atoms. The van der Waals surface area contributed by atoms with E-state index in [9.17, 15) is 9.59 Å². The number of carbonyl (C=O) groups is 3. The van der Waals surface area contributed by atoms with E-state index < -0.39 is 0 Å². The Hall–Kier alpha value is -5.69. The highest BCUT2D eigenvalue weighted by atomic mass is 16.5. The van der Waals surface area contributed by atoms with Crippen LogP contribution in [0.1, 0.15) is 180 Å². The van der Waals surface area contributed by atoms with Crippen LogP contribution in [-0.4, -0.2) is 77.6 Å².